The number of pyridine rings is 1. The zero-order chi connectivity index (χ0) is 25.6. The summed E-state index contributed by atoms with van der Waals surface area (Å²) in [5.41, 5.74) is 4.55. The van der Waals surface area contributed by atoms with Gasteiger partial charge in [-0.05, 0) is 39.8 Å². The maximum absolute atomic E-state index is 8.25. The van der Waals surface area contributed by atoms with Crippen molar-refractivity contribution in [1.82, 2.24) is 35.3 Å². The van der Waals surface area contributed by atoms with Crippen molar-refractivity contribution in [1.29, 1.82) is 5.26 Å². The Morgan fingerprint density at radius 1 is 0.694 bits per heavy atom. The van der Waals surface area contributed by atoms with Gasteiger partial charge in [0.25, 0.3) is 0 Å². The van der Waals surface area contributed by atoms with Gasteiger partial charge in [0.15, 0.2) is 0 Å². The molecule has 0 bridgehead atoms. The third-order valence-electron chi connectivity index (χ3n) is 3.39. The van der Waals surface area contributed by atoms with Crippen LogP contribution in [0.1, 0.15) is 29.7 Å². The minimum Gasteiger partial charge on any atom is -2.00 e. The fraction of sp³-hybridized carbons (Fsp3) is 0.294. The fourth-order valence-corrected chi connectivity index (χ4v) is 1.81. The molecule has 0 aliphatic heterocycles. The summed E-state index contributed by atoms with van der Waals surface area (Å²) in [6.07, 6.45) is 0. The van der Waals surface area contributed by atoms with Crippen LogP contribution in [-0.4, -0.2) is 45.5 Å². The smallest absolute Gasteiger partial charge is 0.200 e. The predicted octanol–water partition coefficient (Wildman–Crippen LogP) is 1.83. The van der Waals surface area contributed by atoms with Gasteiger partial charge < -0.3 is 41.6 Å². The summed E-state index contributed by atoms with van der Waals surface area (Å²) in [5, 5.41) is 53.2. The molecule has 19 heteroatoms. The van der Waals surface area contributed by atoms with E-state index in [-0.39, 0.29) is 42.1 Å². The Bertz CT molecular complexity index is 1060. The molecule has 3 rings (SSSR count). The first-order chi connectivity index (χ1) is 15.4. The molecule has 3 heterocycles. The van der Waals surface area contributed by atoms with Crippen molar-refractivity contribution in [3.05, 3.63) is 71.6 Å². The molecule has 0 spiro atoms. The van der Waals surface area contributed by atoms with Gasteiger partial charge >= 0.3 is 0 Å². The Kier molecular flexibility index (Phi) is 22.3. The van der Waals surface area contributed by atoms with Crippen LogP contribution >= 0.6 is 0 Å². The van der Waals surface area contributed by atoms with E-state index >= 15 is 0 Å². The van der Waals surface area contributed by atoms with Gasteiger partial charge in [0.1, 0.15) is 11.4 Å². The molecule has 3 aromatic heterocycles. The molecule has 0 aliphatic carbocycles. The molecular weight excluding hydrogens is 710 g/mol. The van der Waals surface area contributed by atoms with Crippen LogP contribution in [0.15, 0.2) is 18.2 Å². The van der Waals surface area contributed by atoms with Gasteiger partial charge in [-0.25, -0.2) is 15.0 Å². The van der Waals surface area contributed by atoms with E-state index < -0.39 is 10.2 Å². The molecule has 0 amide bonds. The van der Waals surface area contributed by atoms with Crippen LogP contribution in [0.3, 0.4) is 0 Å². The number of hydrogen-bond donors (Lipinski definition) is 0. The van der Waals surface area contributed by atoms with Crippen LogP contribution in [0.5, 0.6) is 0 Å². The molecule has 194 valence electrons. The largest absolute Gasteiger partial charge is 2.00 e. The molecule has 0 N–H and O–H groups in total. The topological polar surface area (TPSA) is 303 Å². The SMILES string of the molecule is CC#N.Cc1nnc(-c2cccc(-c3nnc(C)c(C)n3)n2)nc1C.O=[N+]([O-])[O-].O=[N+]([O-])[O-].[O-2].[O-2].[U]. The average Bonchev–Trinajstić information content (AvgIpc) is 2.72. The molecule has 0 atom stereocenters. The van der Waals surface area contributed by atoms with E-state index in [1.165, 1.54) is 6.92 Å². The quantitative estimate of drug-likeness (QED) is 0.269. The van der Waals surface area contributed by atoms with E-state index in [1.54, 1.807) is 6.07 Å². The van der Waals surface area contributed by atoms with Crippen LogP contribution in [0.4, 0.5) is 0 Å². The Balaban J connectivity index is -0.000000314. The van der Waals surface area contributed by atoms with Crippen molar-refractivity contribution in [2.75, 3.05) is 0 Å². The predicted molar refractivity (Wildman–Crippen MR) is 114 cm³/mol. The van der Waals surface area contributed by atoms with E-state index in [9.17, 15) is 0 Å². The van der Waals surface area contributed by atoms with Crippen molar-refractivity contribution >= 4 is 0 Å². The average molecular weight is 728 g/mol. The summed E-state index contributed by atoms with van der Waals surface area (Å²) in [7, 11) is 0. The van der Waals surface area contributed by atoms with Crippen LogP contribution in [0.25, 0.3) is 23.0 Å². The minimum atomic E-state index is -1.75. The molecule has 0 saturated heterocycles. The number of aryl methyl sites for hydroxylation is 4. The van der Waals surface area contributed by atoms with E-state index in [2.05, 4.69) is 35.3 Å². The van der Waals surface area contributed by atoms with Gasteiger partial charge in [-0.15, -0.1) is 10.2 Å². The molecule has 3 aromatic rings. The number of aromatic nitrogens is 7. The van der Waals surface area contributed by atoms with E-state index in [0.29, 0.717) is 23.0 Å². The molecule has 0 aromatic carbocycles. The monoisotopic (exact) mass is 728 g/mol. The number of nitriles is 1. The maximum atomic E-state index is 8.25. The van der Waals surface area contributed by atoms with Crippen molar-refractivity contribution in [3.8, 4) is 29.1 Å². The standard InChI is InChI=1S/C15H15N7.C2H3N.2NO3.2O.U/c1-8-10(3)19-21-14(16-8)12-6-5-7-13(18-12)15-17-9(2)11(4)20-22-15;1-2-3;2*2-1(3)4;;;/h5-7H,1-4H3;1H3;;;;;/q;;2*-1;2*-2;. The molecule has 36 heavy (non-hydrogen) atoms. The summed E-state index contributed by atoms with van der Waals surface area (Å²) in [6, 6.07) is 7.29. The summed E-state index contributed by atoms with van der Waals surface area (Å²) in [6.45, 7) is 8.97. The number of hydrogen-bond acceptors (Lipinski definition) is 14. The van der Waals surface area contributed by atoms with Crippen molar-refractivity contribution < 1.29 is 52.2 Å². The third kappa shape index (κ3) is 15.8. The van der Waals surface area contributed by atoms with Crippen molar-refractivity contribution in [2.24, 2.45) is 0 Å². The Hall–Kier alpha value is -3.97. The Labute approximate surface area is 227 Å². The normalized spacial score (nSPS) is 8.11. The molecule has 0 unspecified atom stereocenters. The second-order valence-corrected chi connectivity index (χ2v) is 5.69. The van der Waals surface area contributed by atoms with Gasteiger partial charge in [0, 0.05) is 38.0 Å². The Morgan fingerprint density at radius 3 is 1.22 bits per heavy atom. The summed E-state index contributed by atoms with van der Waals surface area (Å²) in [4.78, 5) is 29.9. The zero-order valence-electron chi connectivity index (χ0n) is 19.5. The summed E-state index contributed by atoms with van der Waals surface area (Å²) < 4.78 is 0. The van der Waals surface area contributed by atoms with E-state index in [4.69, 9.17) is 35.9 Å². The maximum Gasteiger partial charge on any atom is 0.200 e. The van der Waals surface area contributed by atoms with Gasteiger partial charge in [-0.3, -0.25) is 0 Å². The fourth-order valence-electron chi connectivity index (χ4n) is 1.81. The molecule has 0 aliphatic rings. The van der Waals surface area contributed by atoms with Gasteiger partial charge in [-0.2, -0.15) is 15.5 Å². The van der Waals surface area contributed by atoms with Crippen molar-refractivity contribution in [3.63, 3.8) is 0 Å². The van der Waals surface area contributed by atoms with Crippen LogP contribution < -0.4 is 0 Å². The molecule has 0 saturated carbocycles. The first kappa shape index (κ1) is 39.3. The van der Waals surface area contributed by atoms with Crippen LogP contribution in [0.2, 0.25) is 0 Å². The van der Waals surface area contributed by atoms with Gasteiger partial charge in [0.05, 0.1) is 39.0 Å². The number of rotatable bonds is 2. The molecule has 18 nitrogen and oxygen atoms in total. The van der Waals surface area contributed by atoms with Crippen LogP contribution in [-0.2, 0) is 11.0 Å². The van der Waals surface area contributed by atoms with E-state index in [0.717, 1.165) is 22.8 Å². The molecular formula is C17H18N10O8U-6. The first-order valence-corrected chi connectivity index (χ1v) is 8.70. The zero-order valence-corrected chi connectivity index (χ0v) is 23.6. The first-order valence-electron chi connectivity index (χ1n) is 8.70. The molecule has 0 radical (unpaired) electrons. The minimum absolute atomic E-state index is 0. The van der Waals surface area contributed by atoms with Gasteiger partial charge in [-0.1, -0.05) is 6.07 Å². The third-order valence-corrected chi connectivity index (χ3v) is 3.39. The number of nitrogens with zero attached hydrogens (tertiary/aromatic N) is 10. The second-order valence-electron chi connectivity index (χ2n) is 5.69. The van der Waals surface area contributed by atoms with Crippen molar-refractivity contribution in [2.45, 2.75) is 34.6 Å². The van der Waals surface area contributed by atoms with E-state index in [1.807, 2.05) is 45.9 Å². The van der Waals surface area contributed by atoms with Crippen LogP contribution in [0, 0.1) is 101 Å². The second kappa shape index (κ2) is 20.4. The van der Waals surface area contributed by atoms with Gasteiger partial charge in [0.2, 0.25) is 11.6 Å². The summed E-state index contributed by atoms with van der Waals surface area (Å²) in [5.74, 6) is 0.975. The molecule has 0 fully saturated rings. The summed E-state index contributed by atoms with van der Waals surface area (Å²) >= 11 is 0. The Morgan fingerprint density at radius 2 is 0.972 bits per heavy atom.